The van der Waals surface area contributed by atoms with E-state index in [1.165, 1.54) is 200 Å². The summed E-state index contributed by atoms with van der Waals surface area (Å²) in [6.45, 7) is 21.7. The summed E-state index contributed by atoms with van der Waals surface area (Å²) in [4.78, 5) is 0. The molecule has 0 saturated heterocycles. The van der Waals surface area contributed by atoms with E-state index in [-0.39, 0.29) is 18.3 Å². The summed E-state index contributed by atoms with van der Waals surface area (Å²) in [5.41, 5.74) is 43.1. The fraction of sp³-hybridized carbons (Fsp3) is 0.132. The van der Waals surface area contributed by atoms with Crippen molar-refractivity contribution in [3.8, 4) is 66.8 Å². The van der Waals surface area contributed by atoms with Crippen molar-refractivity contribution in [1.29, 1.82) is 0 Å². The van der Waals surface area contributed by atoms with E-state index in [1.807, 2.05) is 0 Å². The summed E-state index contributed by atoms with van der Waals surface area (Å²) >= 11 is 0. The molecular formula is C106H92. The molecule has 16 aromatic carbocycles. The van der Waals surface area contributed by atoms with Gasteiger partial charge in [-0.1, -0.05) is 392 Å². The van der Waals surface area contributed by atoms with Gasteiger partial charge in [-0.15, -0.1) is 0 Å². The van der Waals surface area contributed by atoms with E-state index in [4.69, 9.17) is 0 Å². The van der Waals surface area contributed by atoms with E-state index in [1.54, 1.807) is 0 Å². The average molecular weight is 1370 g/mol. The first-order valence-corrected chi connectivity index (χ1v) is 37.2. The minimum Gasteiger partial charge on any atom is -0.0776 e. The van der Waals surface area contributed by atoms with Crippen molar-refractivity contribution >= 4 is 21.5 Å². The fourth-order valence-electron chi connectivity index (χ4n) is 17.4. The second-order valence-corrected chi connectivity index (χ2v) is 29.7. The maximum atomic E-state index is 2.41. The van der Waals surface area contributed by atoms with Gasteiger partial charge in [-0.3, -0.25) is 0 Å². The lowest BCUT2D eigenvalue weighted by Gasteiger charge is -2.34. The lowest BCUT2D eigenvalue weighted by atomic mass is 9.67. The molecule has 0 N–H and O–H groups in total. The predicted octanol–water partition coefficient (Wildman–Crippen LogP) is 28.1. The van der Waals surface area contributed by atoms with Crippen molar-refractivity contribution in [2.75, 3.05) is 0 Å². The molecule has 16 aromatic rings. The summed E-state index contributed by atoms with van der Waals surface area (Å²) in [6, 6.07) is 125. The van der Waals surface area contributed by atoms with Gasteiger partial charge in [0.2, 0.25) is 0 Å². The number of benzene rings is 16. The molecule has 516 valence electrons. The second kappa shape index (κ2) is 28.9. The van der Waals surface area contributed by atoms with Gasteiger partial charge >= 0.3 is 0 Å². The van der Waals surface area contributed by atoms with Gasteiger partial charge in [-0.25, -0.2) is 0 Å². The normalized spacial score (nSPS) is 12.7. The summed E-state index contributed by atoms with van der Waals surface area (Å²) in [6.07, 6.45) is 1.10. The Morgan fingerprint density at radius 3 is 0.934 bits per heavy atom. The molecule has 0 fully saturated rings. The fourth-order valence-corrected chi connectivity index (χ4v) is 17.4. The van der Waals surface area contributed by atoms with Crippen molar-refractivity contribution in [1.82, 2.24) is 0 Å². The summed E-state index contributed by atoms with van der Waals surface area (Å²) in [5, 5.41) is 5.36. The Balaban J connectivity index is 0.000000108. The molecule has 0 unspecified atom stereocenters. The van der Waals surface area contributed by atoms with E-state index < -0.39 is 0 Å². The largest absolute Gasteiger partial charge is 0.0776 e. The zero-order valence-electron chi connectivity index (χ0n) is 62.0. The number of aryl methyl sites for hydroxylation is 10. The molecule has 4 aliphatic rings. The topological polar surface area (TPSA) is 0 Å². The lowest BCUT2D eigenvalue weighted by Crippen LogP contribution is -2.28. The highest BCUT2D eigenvalue weighted by atomic mass is 14.5. The van der Waals surface area contributed by atoms with Gasteiger partial charge in [0.25, 0.3) is 0 Å². The van der Waals surface area contributed by atoms with E-state index in [0.29, 0.717) is 0 Å². The average Bonchev–Trinajstić information content (AvgIpc) is 1.51. The smallest absolute Gasteiger partial charge is 0.0725 e. The Bertz CT molecular complexity index is 5640. The first-order chi connectivity index (χ1) is 51.2. The van der Waals surface area contributed by atoms with Crippen LogP contribution in [-0.4, -0.2) is 0 Å². The van der Waals surface area contributed by atoms with Crippen molar-refractivity contribution < 1.29 is 0 Å². The molecule has 4 aliphatic carbocycles. The summed E-state index contributed by atoms with van der Waals surface area (Å²) < 4.78 is 0. The van der Waals surface area contributed by atoms with Crippen LogP contribution in [0.2, 0.25) is 0 Å². The van der Waals surface area contributed by atoms with Gasteiger partial charge in [0, 0.05) is 0 Å². The van der Waals surface area contributed by atoms with Crippen LogP contribution in [-0.2, 0) is 17.3 Å². The van der Waals surface area contributed by atoms with E-state index in [0.717, 1.165) is 6.42 Å². The number of fused-ring (bicyclic) bond motifs is 18. The van der Waals surface area contributed by atoms with Crippen LogP contribution in [0.1, 0.15) is 119 Å². The number of rotatable bonds is 4. The molecule has 20 rings (SSSR count). The quantitative estimate of drug-likeness (QED) is 0.165. The SMILES string of the molecule is C.Cc1ccc(-c2ccc(C)c3ccccc23)cc1.Cc1ccc2c(c1)-c1cc(C)ccc1C2.Cc1ccc2c(c1)C(c1ccccc1)(c1ccccc1)c1cc(C)ccc1-2.Cc1ccc2c(c1)C1(c3ccccc3-c3ccccc31)c1cc(C)ccc1-2.Cc1cccc(-c2ccc(C)c3ccccc23)c1. The third-order valence-electron chi connectivity index (χ3n) is 22.4. The van der Waals surface area contributed by atoms with Crippen LogP contribution >= 0.6 is 0 Å². The van der Waals surface area contributed by atoms with Crippen molar-refractivity contribution in [3.05, 3.63) is 451 Å². The molecule has 1 spiro atoms. The third kappa shape index (κ3) is 12.4. The van der Waals surface area contributed by atoms with Crippen molar-refractivity contribution in [3.63, 3.8) is 0 Å². The monoisotopic (exact) mass is 1360 g/mol. The van der Waals surface area contributed by atoms with Crippen molar-refractivity contribution in [2.45, 2.75) is 93.9 Å². The van der Waals surface area contributed by atoms with Gasteiger partial charge in [0.15, 0.2) is 0 Å². The van der Waals surface area contributed by atoms with Crippen LogP contribution in [0, 0.1) is 69.2 Å². The van der Waals surface area contributed by atoms with Gasteiger partial charge in [-0.05, 0) is 231 Å². The van der Waals surface area contributed by atoms with Crippen LogP contribution in [0.4, 0.5) is 0 Å². The lowest BCUT2D eigenvalue weighted by molar-refractivity contribution is 0.766. The Morgan fingerprint density at radius 1 is 0.189 bits per heavy atom. The Hall–Kier alpha value is -12.0. The third-order valence-corrected chi connectivity index (χ3v) is 22.4. The molecule has 0 saturated carbocycles. The molecule has 0 aromatic heterocycles. The van der Waals surface area contributed by atoms with E-state index in [9.17, 15) is 0 Å². The van der Waals surface area contributed by atoms with Crippen LogP contribution in [0.5, 0.6) is 0 Å². The van der Waals surface area contributed by atoms with Gasteiger partial charge in [-0.2, -0.15) is 0 Å². The maximum absolute atomic E-state index is 2.41. The summed E-state index contributed by atoms with van der Waals surface area (Å²) in [7, 11) is 0. The maximum Gasteiger partial charge on any atom is 0.0725 e. The molecule has 0 radical (unpaired) electrons. The minimum atomic E-state index is -0.273. The van der Waals surface area contributed by atoms with E-state index >= 15 is 0 Å². The van der Waals surface area contributed by atoms with Crippen LogP contribution < -0.4 is 0 Å². The Morgan fingerprint density at radius 2 is 0.509 bits per heavy atom. The van der Waals surface area contributed by atoms with Crippen LogP contribution in [0.25, 0.3) is 88.3 Å². The molecule has 0 atom stereocenters. The highest BCUT2D eigenvalue weighted by molar-refractivity contribution is 6.00. The van der Waals surface area contributed by atoms with Gasteiger partial charge in [0.1, 0.15) is 0 Å². The molecule has 0 bridgehead atoms. The van der Waals surface area contributed by atoms with Gasteiger partial charge < -0.3 is 0 Å². The van der Waals surface area contributed by atoms with Crippen LogP contribution in [0.3, 0.4) is 0 Å². The first kappa shape index (κ1) is 69.7. The number of hydrogen-bond acceptors (Lipinski definition) is 0. The number of hydrogen-bond donors (Lipinski definition) is 0. The molecular weight excluding hydrogens is 1270 g/mol. The molecule has 106 heavy (non-hydrogen) atoms. The standard InChI is InChI=1S/C27H20.C27H22.2C18H16.C15H14.CH4/c1-17-11-13-21-22-14-12-18(2)16-26(22)27(25(21)15-17)23-9-5-3-7-19(23)20-8-4-6-10-24(20)27;1-19-13-15-23-24-16-14-20(2)18-26(24)27(25(23)17-19,21-9-5-3-6-10-21)22-11-7-4-8-12-22;1-13-6-5-7-15(12-13)17-11-10-14(2)16-8-3-4-9-18(16)17;1-13-7-10-15(11-8-13)17-12-9-14(2)16-5-3-4-6-18(16)17;1-10-3-5-12-9-13-6-4-11(2)8-15(13)14(12)7-10;/h3-16H,1-2H3;3-18H,1-2H3;2*3-12H,1-2H3;3-8H,9H2,1-2H3;1H4. The highest BCUT2D eigenvalue weighted by Gasteiger charge is 2.52. The molecule has 0 heterocycles. The van der Waals surface area contributed by atoms with Crippen molar-refractivity contribution in [2.24, 2.45) is 0 Å². The molecule has 0 amide bonds. The second-order valence-electron chi connectivity index (χ2n) is 29.7. The van der Waals surface area contributed by atoms with E-state index in [2.05, 4.69) is 409 Å². The highest BCUT2D eigenvalue weighted by Crippen LogP contribution is 2.63. The minimum absolute atomic E-state index is 0. The predicted molar refractivity (Wildman–Crippen MR) is 454 cm³/mol. The Kier molecular flexibility index (Phi) is 19.0. The first-order valence-electron chi connectivity index (χ1n) is 37.2. The zero-order chi connectivity index (χ0) is 72.1. The molecule has 0 heteroatoms. The summed E-state index contributed by atoms with van der Waals surface area (Å²) in [5.74, 6) is 0. The Labute approximate surface area is 629 Å². The zero-order valence-corrected chi connectivity index (χ0v) is 62.0. The molecule has 0 nitrogen and oxygen atoms in total. The van der Waals surface area contributed by atoms with Gasteiger partial charge in [0.05, 0.1) is 10.8 Å². The molecule has 0 aliphatic heterocycles. The van der Waals surface area contributed by atoms with Crippen LogP contribution in [0.15, 0.2) is 340 Å².